The molecule has 0 aromatic heterocycles. The minimum Gasteiger partial charge on any atom is -0.412 e. The van der Waals surface area contributed by atoms with E-state index in [-0.39, 0.29) is 23.0 Å². The van der Waals surface area contributed by atoms with E-state index in [9.17, 15) is 22.8 Å². The number of fused-ring (bicyclic) bond motifs is 2. The summed E-state index contributed by atoms with van der Waals surface area (Å²) in [5.41, 5.74) is -1.32. The number of hydrogen-bond acceptors (Lipinski definition) is 6. The van der Waals surface area contributed by atoms with Gasteiger partial charge in [-0.25, -0.2) is 8.42 Å². The van der Waals surface area contributed by atoms with Gasteiger partial charge in [-0.1, -0.05) is 45.8 Å². The number of sulfonamides is 1. The first kappa shape index (κ1) is 29.3. The van der Waals surface area contributed by atoms with Gasteiger partial charge >= 0.3 is 0 Å². The number of carbonyl (C=O) groups excluding carboxylic acids is 3. The summed E-state index contributed by atoms with van der Waals surface area (Å²) in [6, 6.07) is -0.752. The fourth-order valence-electron chi connectivity index (χ4n) is 5.26. The highest BCUT2D eigenvalue weighted by molar-refractivity contribution is 7.91. The zero-order chi connectivity index (χ0) is 27.9. The van der Waals surface area contributed by atoms with Crippen molar-refractivity contribution in [2.24, 2.45) is 5.92 Å². The van der Waals surface area contributed by atoms with Crippen molar-refractivity contribution in [2.45, 2.75) is 126 Å². The highest BCUT2D eigenvalue weighted by Crippen LogP contribution is 2.46. The number of amides is 3. The maximum Gasteiger partial charge on any atom is 0.259 e. The fourth-order valence-corrected chi connectivity index (χ4v) is 7.98. The Kier molecular flexibility index (Phi) is 8.23. The Bertz CT molecular complexity index is 1080. The average Bonchev–Trinajstić information content (AvgIpc) is 3.71. The van der Waals surface area contributed by atoms with Crippen molar-refractivity contribution in [3.8, 4) is 0 Å². The van der Waals surface area contributed by atoms with Crippen molar-refractivity contribution >= 4 is 36.1 Å². The van der Waals surface area contributed by atoms with E-state index in [1.54, 1.807) is 4.90 Å². The van der Waals surface area contributed by atoms with Crippen LogP contribution in [0.1, 0.15) is 85.0 Å². The van der Waals surface area contributed by atoms with Crippen LogP contribution in [0.2, 0.25) is 18.1 Å². The van der Waals surface area contributed by atoms with E-state index in [1.165, 1.54) is 0 Å². The van der Waals surface area contributed by atoms with Crippen LogP contribution in [0.3, 0.4) is 0 Å². The molecule has 9 nitrogen and oxygen atoms in total. The molecule has 3 amide bonds. The molecule has 2 aliphatic carbocycles. The summed E-state index contributed by atoms with van der Waals surface area (Å²) in [7, 11) is -5.89. The number of rotatable bonds is 5. The molecule has 11 heteroatoms. The Morgan fingerprint density at radius 3 is 2.50 bits per heavy atom. The molecule has 0 aromatic rings. The lowest BCUT2D eigenvalue weighted by Crippen LogP contribution is -2.56. The summed E-state index contributed by atoms with van der Waals surface area (Å²) in [6.45, 7) is 11.1. The molecule has 0 radical (unpaired) electrons. The Hall–Kier alpha value is -1.72. The van der Waals surface area contributed by atoms with Crippen LogP contribution < -0.4 is 10.0 Å². The molecule has 2 aliphatic heterocycles. The summed E-state index contributed by atoms with van der Waals surface area (Å²) in [4.78, 5) is 42.0. The standard InChI is InChI=1S/C27H45N3O6SSi/c1-26(2,3)38(4,5)36-20-16-22-24(32)28-27(25(33)29-37(34,35)21-14-15-21)17-19(27)12-10-8-6-7-9-11-13-23(31)30(22)18-20/h10,12,19-22H,6-9,11,13-18H2,1-5H3,(H,28,32)(H,29,33). The van der Waals surface area contributed by atoms with Gasteiger partial charge in [-0.2, -0.15) is 0 Å². The van der Waals surface area contributed by atoms with Crippen LogP contribution in [0.15, 0.2) is 12.2 Å². The monoisotopic (exact) mass is 567 g/mol. The molecule has 0 aromatic carbocycles. The second-order valence-corrected chi connectivity index (χ2v) is 19.8. The van der Waals surface area contributed by atoms with Gasteiger partial charge in [0.1, 0.15) is 11.6 Å². The molecule has 4 atom stereocenters. The molecule has 38 heavy (non-hydrogen) atoms. The Morgan fingerprint density at radius 1 is 1.16 bits per heavy atom. The van der Waals surface area contributed by atoms with Gasteiger partial charge in [0.2, 0.25) is 21.8 Å². The van der Waals surface area contributed by atoms with Gasteiger partial charge in [-0.15, -0.1) is 0 Å². The zero-order valence-corrected chi connectivity index (χ0v) is 25.4. The Labute approximate surface area is 228 Å². The van der Waals surface area contributed by atoms with Gasteiger partial charge in [0.15, 0.2) is 8.32 Å². The van der Waals surface area contributed by atoms with Gasteiger partial charge in [0.25, 0.3) is 5.91 Å². The van der Waals surface area contributed by atoms with Crippen molar-refractivity contribution < 1.29 is 27.2 Å². The van der Waals surface area contributed by atoms with Crippen molar-refractivity contribution in [2.75, 3.05) is 6.54 Å². The second-order valence-electron chi connectivity index (χ2n) is 13.1. The van der Waals surface area contributed by atoms with Crippen LogP contribution in [0.4, 0.5) is 0 Å². The first-order valence-electron chi connectivity index (χ1n) is 14.2. The lowest BCUT2D eigenvalue weighted by atomic mass is 10.1. The summed E-state index contributed by atoms with van der Waals surface area (Å²) in [5.74, 6) is -1.44. The van der Waals surface area contributed by atoms with Crippen molar-refractivity contribution in [3.63, 3.8) is 0 Å². The third-order valence-electron chi connectivity index (χ3n) is 9.00. The van der Waals surface area contributed by atoms with E-state index < -0.39 is 47.0 Å². The van der Waals surface area contributed by atoms with E-state index in [1.807, 2.05) is 12.2 Å². The number of allylic oxidation sites excluding steroid dienone is 1. The minimum atomic E-state index is -3.75. The van der Waals surface area contributed by atoms with E-state index in [2.05, 4.69) is 43.9 Å². The maximum absolute atomic E-state index is 13.7. The normalized spacial score (nSPS) is 31.5. The minimum absolute atomic E-state index is 0.0152. The SMILES string of the molecule is CC(C)(C)[Si](C)(C)OC1CC2C(=O)NC3(C(=O)NS(=O)(=O)C4CC4)CC3C=CCCCCCCC(=O)N2C1. The number of hydrogen-bond donors (Lipinski definition) is 2. The van der Waals surface area contributed by atoms with Crippen LogP contribution >= 0.6 is 0 Å². The quantitative estimate of drug-likeness (QED) is 0.388. The third kappa shape index (κ3) is 6.36. The van der Waals surface area contributed by atoms with Crippen LogP contribution in [-0.4, -0.2) is 68.8 Å². The molecule has 1 saturated heterocycles. The molecule has 0 bridgehead atoms. The molecule has 214 valence electrons. The van der Waals surface area contributed by atoms with Crippen LogP contribution in [0.5, 0.6) is 0 Å². The Morgan fingerprint density at radius 2 is 1.84 bits per heavy atom. The molecular formula is C27H45N3O6SSi. The summed E-state index contributed by atoms with van der Waals surface area (Å²) >= 11 is 0. The van der Waals surface area contributed by atoms with Gasteiger partial charge in [0.05, 0.1) is 11.4 Å². The molecule has 0 spiro atoms. The molecule has 4 aliphatic rings. The molecule has 4 unspecified atom stereocenters. The molecule has 2 heterocycles. The lowest BCUT2D eigenvalue weighted by Gasteiger charge is -2.38. The van der Waals surface area contributed by atoms with E-state index in [0.29, 0.717) is 38.6 Å². The lowest BCUT2D eigenvalue weighted by molar-refractivity contribution is -0.139. The zero-order valence-electron chi connectivity index (χ0n) is 23.5. The van der Waals surface area contributed by atoms with Crippen LogP contribution in [0.25, 0.3) is 0 Å². The summed E-state index contributed by atoms with van der Waals surface area (Å²) in [6.07, 6.45) is 10.4. The van der Waals surface area contributed by atoms with Crippen molar-refractivity contribution in [3.05, 3.63) is 12.2 Å². The van der Waals surface area contributed by atoms with Crippen LogP contribution in [0, 0.1) is 5.92 Å². The molecule has 4 rings (SSSR count). The van der Waals surface area contributed by atoms with E-state index >= 15 is 0 Å². The second kappa shape index (κ2) is 10.7. The summed E-state index contributed by atoms with van der Waals surface area (Å²) < 4.78 is 33.9. The highest BCUT2D eigenvalue weighted by Gasteiger charge is 2.62. The van der Waals surface area contributed by atoms with Crippen molar-refractivity contribution in [1.82, 2.24) is 14.9 Å². The highest BCUT2D eigenvalue weighted by atomic mass is 32.2. The van der Waals surface area contributed by atoms with E-state index in [0.717, 1.165) is 32.1 Å². The van der Waals surface area contributed by atoms with Gasteiger partial charge in [0, 0.05) is 25.3 Å². The molecule has 3 fully saturated rings. The van der Waals surface area contributed by atoms with Gasteiger partial charge in [-0.3, -0.25) is 19.1 Å². The molecule has 2 N–H and O–H groups in total. The van der Waals surface area contributed by atoms with Crippen LogP contribution in [-0.2, 0) is 28.8 Å². The largest absolute Gasteiger partial charge is 0.412 e. The predicted octanol–water partition coefficient (Wildman–Crippen LogP) is 3.37. The van der Waals surface area contributed by atoms with Gasteiger partial charge in [-0.05, 0) is 56.7 Å². The topological polar surface area (TPSA) is 122 Å². The number of carbonyl (C=O) groups is 3. The molecule has 2 saturated carbocycles. The van der Waals surface area contributed by atoms with Gasteiger partial charge < -0.3 is 14.6 Å². The predicted molar refractivity (Wildman–Crippen MR) is 148 cm³/mol. The Balaban J connectivity index is 1.57. The summed E-state index contributed by atoms with van der Waals surface area (Å²) in [5, 5.41) is 2.37. The first-order valence-corrected chi connectivity index (χ1v) is 18.6. The first-order chi connectivity index (χ1) is 17.7. The number of nitrogens with one attached hydrogen (secondary N) is 2. The van der Waals surface area contributed by atoms with Crippen molar-refractivity contribution in [1.29, 1.82) is 0 Å². The maximum atomic E-state index is 13.7. The van der Waals surface area contributed by atoms with E-state index in [4.69, 9.17) is 4.43 Å². The average molecular weight is 568 g/mol. The third-order valence-corrected chi connectivity index (χ3v) is 15.4. The fraction of sp³-hybridized carbons (Fsp3) is 0.815. The number of nitrogens with zero attached hydrogens (tertiary/aromatic N) is 1. The molecular weight excluding hydrogens is 522 g/mol. The smallest absolute Gasteiger partial charge is 0.259 e.